The number of rotatable bonds is 10. The van der Waals surface area contributed by atoms with Gasteiger partial charge in [0.2, 0.25) is 0 Å². The molecule has 33 heavy (non-hydrogen) atoms. The molecule has 0 aliphatic carbocycles. The summed E-state index contributed by atoms with van der Waals surface area (Å²) in [4.78, 5) is 0. The molecule has 0 amide bonds. The molecule has 4 aromatic rings. The van der Waals surface area contributed by atoms with Crippen molar-refractivity contribution in [2.45, 2.75) is 30.5 Å². The summed E-state index contributed by atoms with van der Waals surface area (Å²) in [6, 6.07) is 26.1. The molecule has 0 aliphatic rings. The molecule has 7 heteroatoms. The molecule has 5 nitrogen and oxygen atoms in total. The van der Waals surface area contributed by atoms with E-state index < -0.39 is 0 Å². The maximum Gasteiger partial charge on any atom is 0.191 e. The molecule has 0 bridgehead atoms. The molecule has 0 aliphatic heterocycles. The monoisotopic (exact) mass is 479 g/mol. The van der Waals surface area contributed by atoms with Gasteiger partial charge in [-0.1, -0.05) is 90.1 Å². The lowest BCUT2D eigenvalue weighted by Gasteiger charge is -2.15. The number of aromatic nitrogens is 3. The standard InChI is InChI=1S/C26H26ClN3O2S/c1-19(21-12-6-8-14-23(21)27)33-26-29-28-25(30(26)16-17-31-2)18-32-24-15-9-7-13-22(24)20-10-4-3-5-11-20/h3-15,19H,16-18H2,1-2H3. The summed E-state index contributed by atoms with van der Waals surface area (Å²) < 4.78 is 13.6. The Morgan fingerprint density at radius 3 is 2.45 bits per heavy atom. The molecule has 0 saturated carbocycles. The van der Waals surface area contributed by atoms with E-state index in [2.05, 4.69) is 39.9 Å². The van der Waals surface area contributed by atoms with Crippen LogP contribution in [0.3, 0.4) is 0 Å². The van der Waals surface area contributed by atoms with E-state index in [9.17, 15) is 0 Å². The van der Waals surface area contributed by atoms with Crippen molar-refractivity contribution in [2.75, 3.05) is 13.7 Å². The third-order valence-electron chi connectivity index (χ3n) is 5.27. The van der Waals surface area contributed by atoms with E-state index in [4.69, 9.17) is 21.1 Å². The molecule has 0 saturated heterocycles. The average Bonchev–Trinajstić information content (AvgIpc) is 3.23. The van der Waals surface area contributed by atoms with Crippen LogP contribution < -0.4 is 4.74 Å². The van der Waals surface area contributed by atoms with Crippen molar-refractivity contribution in [1.82, 2.24) is 14.8 Å². The number of thioether (sulfide) groups is 1. The molecule has 0 radical (unpaired) electrons. The van der Waals surface area contributed by atoms with Gasteiger partial charge in [-0.25, -0.2) is 0 Å². The van der Waals surface area contributed by atoms with Crippen molar-refractivity contribution in [3.8, 4) is 16.9 Å². The second-order valence-electron chi connectivity index (χ2n) is 7.48. The lowest BCUT2D eigenvalue weighted by molar-refractivity contribution is 0.181. The highest BCUT2D eigenvalue weighted by atomic mass is 35.5. The van der Waals surface area contributed by atoms with Gasteiger partial charge in [0.1, 0.15) is 12.4 Å². The van der Waals surface area contributed by atoms with Crippen molar-refractivity contribution < 1.29 is 9.47 Å². The predicted octanol–water partition coefficient (Wildman–Crippen LogP) is 6.68. The summed E-state index contributed by atoms with van der Waals surface area (Å²) in [5, 5.41) is 10.6. The largest absolute Gasteiger partial charge is 0.485 e. The highest BCUT2D eigenvalue weighted by Crippen LogP contribution is 2.37. The van der Waals surface area contributed by atoms with Crippen LogP contribution in [0, 0.1) is 0 Å². The van der Waals surface area contributed by atoms with Gasteiger partial charge in [-0.3, -0.25) is 0 Å². The Kier molecular flexibility index (Phi) is 8.05. The zero-order valence-corrected chi connectivity index (χ0v) is 20.2. The Morgan fingerprint density at radius 2 is 1.67 bits per heavy atom. The van der Waals surface area contributed by atoms with Crippen molar-refractivity contribution >= 4 is 23.4 Å². The van der Waals surface area contributed by atoms with Gasteiger partial charge in [-0.15, -0.1) is 10.2 Å². The fourth-order valence-corrected chi connectivity index (χ4v) is 4.96. The minimum atomic E-state index is 0.122. The summed E-state index contributed by atoms with van der Waals surface area (Å²) in [5.41, 5.74) is 3.22. The number of methoxy groups -OCH3 is 1. The molecule has 170 valence electrons. The van der Waals surface area contributed by atoms with Gasteiger partial charge < -0.3 is 14.0 Å². The second-order valence-corrected chi connectivity index (χ2v) is 9.19. The van der Waals surface area contributed by atoms with Gasteiger partial charge in [-0.2, -0.15) is 0 Å². The van der Waals surface area contributed by atoms with Crippen molar-refractivity contribution in [1.29, 1.82) is 0 Å². The smallest absolute Gasteiger partial charge is 0.191 e. The lowest BCUT2D eigenvalue weighted by Crippen LogP contribution is -2.12. The van der Waals surface area contributed by atoms with Crippen LogP contribution in [0.1, 0.15) is 23.6 Å². The van der Waals surface area contributed by atoms with Gasteiger partial charge in [0.15, 0.2) is 11.0 Å². The minimum absolute atomic E-state index is 0.122. The van der Waals surface area contributed by atoms with Gasteiger partial charge in [0.25, 0.3) is 0 Å². The van der Waals surface area contributed by atoms with Crippen LogP contribution in [0.15, 0.2) is 84.0 Å². The third-order valence-corrected chi connectivity index (χ3v) is 6.73. The molecular formula is C26H26ClN3O2S. The minimum Gasteiger partial charge on any atom is -0.485 e. The summed E-state index contributed by atoms with van der Waals surface area (Å²) >= 11 is 8.02. The van der Waals surface area contributed by atoms with Crippen LogP contribution in [0.5, 0.6) is 5.75 Å². The second kappa shape index (κ2) is 11.4. The summed E-state index contributed by atoms with van der Waals surface area (Å²) in [7, 11) is 1.69. The number of para-hydroxylation sites is 1. The lowest BCUT2D eigenvalue weighted by atomic mass is 10.1. The first-order valence-corrected chi connectivity index (χ1v) is 12.0. The first kappa shape index (κ1) is 23.4. The number of hydrogen-bond acceptors (Lipinski definition) is 5. The van der Waals surface area contributed by atoms with Crippen LogP contribution in [0.2, 0.25) is 5.02 Å². The zero-order chi connectivity index (χ0) is 23.0. The topological polar surface area (TPSA) is 49.2 Å². The van der Waals surface area contributed by atoms with Crippen LogP contribution in [0.25, 0.3) is 11.1 Å². The van der Waals surface area contributed by atoms with Crippen molar-refractivity contribution in [3.05, 3.63) is 95.3 Å². The summed E-state index contributed by atoms with van der Waals surface area (Å²) in [6.45, 7) is 3.62. The van der Waals surface area contributed by atoms with Crippen LogP contribution in [-0.4, -0.2) is 28.5 Å². The fraction of sp³-hybridized carbons (Fsp3) is 0.231. The number of halogens is 1. The Balaban J connectivity index is 1.54. The maximum atomic E-state index is 6.40. The molecular weight excluding hydrogens is 454 g/mol. The van der Waals surface area contributed by atoms with Crippen LogP contribution >= 0.6 is 23.4 Å². The Bertz CT molecular complexity index is 1180. The van der Waals surface area contributed by atoms with Crippen LogP contribution in [0.4, 0.5) is 0 Å². The number of benzene rings is 3. The molecule has 0 N–H and O–H groups in total. The Morgan fingerprint density at radius 1 is 0.939 bits per heavy atom. The number of ether oxygens (including phenoxy) is 2. The molecule has 1 heterocycles. The summed E-state index contributed by atoms with van der Waals surface area (Å²) in [6.07, 6.45) is 0. The first-order chi connectivity index (χ1) is 16.2. The molecule has 4 rings (SSSR count). The van der Waals surface area contributed by atoms with E-state index in [0.717, 1.165) is 38.4 Å². The van der Waals surface area contributed by atoms with E-state index in [-0.39, 0.29) is 5.25 Å². The van der Waals surface area contributed by atoms with E-state index in [1.54, 1.807) is 18.9 Å². The van der Waals surface area contributed by atoms with E-state index >= 15 is 0 Å². The van der Waals surface area contributed by atoms with Crippen LogP contribution in [-0.2, 0) is 17.9 Å². The maximum absolute atomic E-state index is 6.40. The Hall–Kier alpha value is -2.80. The third kappa shape index (κ3) is 5.77. The first-order valence-electron chi connectivity index (χ1n) is 10.8. The number of nitrogens with zero attached hydrogens (tertiary/aromatic N) is 3. The van der Waals surface area contributed by atoms with Gasteiger partial charge in [0, 0.05) is 29.5 Å². The molecule has 0 fully saturated rings. The van der Waals surface area contributed by atoms with E-state index in [0.29, 0.717) is 19.8 Å². The molecule has 1 unspecified atom stereocenters. The molecule has 0 spiro atoms. The van der Waals surface area contributed by atoms with E-state index in [1.165, 1.54) is 0 Å². The highest BCUT2D eigenvalue weighted by Gasteiger charge is 2.19. The molecule has 1 atom stereocenters. The average molecular weight is 480 g/mol. The van der Waals surface area contributed by atoms with Crippen molar-refractivity contribution in [2.24, 2.45) is 0 Å². The van der Waals surface area contributed by atoms with Gasteiger partial charge in [0.05, 0.1) is 6.61 Å². The molecule has 1 aromatic heterocycles. The quantitative estimate of drug-likeness (QED) is 0.237. The van der Waals surface area contributed by atoms with Crippen molar-refractivity contribution in [3.63, 3.8) is 0 Å². The predicted molar refractivity (Wildman–Crippen MR) is 134 cm³/mol. The fourth-order valence-electron chi connectivity index (χ4n) is 3.54. The summed E-state index contributed by atoms with van der Waals surface area (Å²) in [5.74, 6) is 1.56. The highest BCUT2D eigenvalue weighted by molar-refractivity contribution is 7.99. The SMILES string of the molecule is COCCn1c(COc2ccccc2-c2ccccc2)nnc1SC(C)c1ccccc1Cl. The van der Waals surface area contributed by atoms with E-state index in [1.807, 2.05) is 60.7 Å². The normalized spacial score (nSPS) is 12.0. The zero-order valence-electron chi connectivity index (χ0n) is 18.6. The number of hydrogen-bond donors (Lipinski definition) is 0. The Labute approximate surface area is 203 Å². The molecule has 3 aromatic carbocycles. The van der Waals surface area contributed by atoms with Gasteiger partial charge >= 0.3 is 0 Å². The van der Waals surface area contributed by atoms with Gasteiger partial charge in [-0.05, 0) is 30.2 Å².